The Labute approximate surface area is 103 Å². The molecule has 0 radical (unpaired) electrons. The number of carbonyl (C=O) groups is 1. The number of fused-ring (bicyclic) bond motifs is 1. The van der Waals surface area contributed by atoms with Crippen molar-refractivity contribution >= 4 is 11.9 Å². The molecule has 0 saturated carbocycles. The van der Waals surface area contributed by atoms with Gasteiger partial charge in [-0.25, -0.2) is 0 Å². The van der Waals surface area contributed by atoms with Crippen LogP contribution in [0.25, 0.3) is 0 Å². The normalized spacial score (nSPS) is 17.1. The number of anilines is 1. The highest BCUT2D eigenvalue weighted by Gasteiger charge is 2.30. The van der Waals surface area contributed by atoms with Gasteiger partial charge in [-0.2, -0.15) is 4.98 Å². The summed E-state index contributed by atoms with van der Waals surface area (Å²) in [5, 5.41) is 9.22. The molecule has 92 valence electrons. The lowest BCUT2D eigenvalue weighted by Crippen LogP contribution is -2.22. The van der Waals surface area contributed by atoms with E-state index in [4.69, 9.17) is 4.74 Å². The summed E-state index contributed by atoms with van der Waals surface area (Å²) >= 11 is 0. The number of H-pyrrole nitrogens is 1. The molecule has 0 saturated heterocycles. The van der Waals surface area contributed by atoms with Crippen LogP contribution in [0.4, 0.5) is 5.95 Å². The molecule has 0 aliphatic carbocycles. The van der Waals surface area contributed by atoms with Crippen LogP contribution in [0, 0.1) is 6.92 Å². The summed E-state index contributed by atoms with van der Waals surface area (Å²) in [5.74, 6) is 1.26. The average molecular weight is 244 g/mol. The Morgan fingerprint density at radius 2 is 2.33 bits per heavy atom. The molecule has 0 bridgehead atoms. The Morgan fingerprint density at radius 3 is 3.11 bits per heavy atom. The molecule has 1 amide bonds. The van der Waals surface area contributed by atoms with Gasteiger partial charge in [0, 0.05) is 5.56 Å². The number of nitrogens with zero attached hydrogens (tertiary/aromatic N) is 2. The lowest BCUT2D eigenvalue weighted by Gasteiger charge is -2.07. The third-order valence-electron chi connectivity index (χ3n) is 2.85. The number of hydrogen-bond donors (Lipinski definition) is 2. The number of para-hydroxylation sites is 1. The fraction of sp³-hybridized carbons (Fsp3) is 0.250. The number of aromatic nitrogens is 3. The van der Waals surface area contributed by atoms with Gasteiger partial charge in [0.1, 0.15) is 24.1 Å². The first-order valence-corrected chi connectivity index (χ1v) is 5.65. The summed E-state index contributed by atoms with van der Waals surface area (Å²) in [7, 11) is 0. The van der Waals surface area contributed by atoms with E-state index in [-0.39, 0.29) is 11.8 Å². The highest BCUT2D eigenvalue weighted by Crippen LogP contribution is 2.33. The molecule has 1 atom stereocenters. The first kappa shape index (κ1) is 10.8. The number of rotatable bonds is 2. The molecular formula is C12H12N4O2. The molecule has 0 fully saturated rings. The molecule has 1 aromatic heterocycles. The Hall–Kier alpha value is -2.37. The zero-order valence-corrected chi connectivity index (χ0v) is 9.80. The summed E-state index contributed by atoms with van der Waals surface area (Å²) in [4.78, 5) is 16.1. The Balaban J connectivity index is 1.78. The Bertz CT molecular complexity index is 593. The van der Waals surface area contributed by atoms with Crippen molar-refractivity contribution in [2.75, 3.05) is 11.9 Å². The molecule has 2 aromatic rings. The predicted octanol–water partition coefficient (Wildman–Crippen LogP) is 1.23. The number of aromatic amines is 1. The van der Waals surface area contributed by atoms with Crippen LogP contribution in [0.2, 0.25) is 0 Å². The van der Waals surface area contributed by atoms with Crippen LogP contribution in [-0.2, 0) is 4.79 Å². The van der Waals surface area contributed by atoms with Crippen molar-refractivity contribution in [1.82, 2.24) is 15.2 Å². The number of ether oxygens (including phenoxy) is 1. The maximum absolute atomic E-state index is 12.1. The van der Waals surface area contributed by atoms with Crippen LogP contribution >= 0.6 is 0 Å². The van der Waals surface area contributed by atoms with Gasteiger partial charge in [-0.3, -0.25) is 15.2 Å². The molecule has 1 unspecified atom stereocenters. The van der Waals surface area contributed by atoms with Gasteiger partial charge in [-0.1, -0.05) is 18.2 Å². The van der Waals surface area contributed by atoms with Crippen molar-refractivity contribution in [3.05, 3.63) is 35.7 Å². The van der Waals surface area contributed by atoms with Gasteiger partial charge in [0.25, 0.3) is 0 Å². The second kappa shape index (κ2) is 4.14. The van der Waals surface area contributed by atoms with Gasteiger partial charge in [0.15, 0.2) is 0 Å². The van der Waals surface area contributed by atoms with Crippen LogP contribution in [0.1, 0.15) is 17.3 Å². The highest BCUT2D eigenvalue weighted by molar-refractivity contribution is 5.95. The third-order valence-corrected chi connectivity index (χ3v) is 2.85. The first-order valence-electron chi connectivity index (χ1n) is 5.65. The van der Waals surface area contributed by atoms with E-state index in [1.54, 1.807) is 6.92 Å². The van der Waals surface area contributed by atoms with Crippen molar-refractivity contribution in [2.24, 2.45) is 0 Å². The fourth-order valence-electron chi connectivity index (χ4n) is 1.98. The van der Waals surface area contributed by atoms with E-state index in [9.17, 15) is 4.79 Å². The van der Waals surface area contributed by atoms with E-state index in [2.05, 4.69) is 20.5 Å². The lowest BCUT2D eigenvalue weighted by atomic mass is 10.0. The number of carbonyl (C=O) groups excluding carboxylic acids is 1. The van der Waals surface area contributed by atoms with Gasteiger partial charge in [0.05, 0.1) is 0 Å². The SMILES string of the molecule is Cc1nc(NC(=O)C2COc3ccccc32)n[nH]1. The molecule has 0 spiro atoms. The van der Waals surface area contributed by atoms with Crippen LogP contribution in [0.15, 0.2) is 24.3 Å². The van der Waals surface area contributed by atoms with E-state index in [0.717, 1.165) is 11.3 Å². The summed E-state index contributed by atoms with van der Waals surface area (Å²) in [6.07, 6.45) is 0. The zero-order valence-electron chi connectivity index (χ0n) is 9.80. The molecule has 1 aliphatic rings. The molecule has 3 rings (SSSR count). The molecular weight excluding hydrogens is 232 g/mol. The van der Waals surface area contributed by atoms with E-state index in [1.165, 1.54) is 0 Å². The van der Waals surface area contributed by atoms with E-state index in [0.29, 0.717) is 18.4 Å². The molecule has 1 aliphatic heterocycles. The van der Waals surface area contributed by atoms with Crippen molar-refractivity contribution in [3.8, 4) is 5.75 Å². The van der Waals surface area contributed by atoms with Crippen LogP contribution in [-0.4, -0.2) is 27.7 Å². The number of amides is 1. The number of hydrogen-bond acceptors (Lipinski definition) is 4. The number of aryl methyl sites for hydroxylation is 1. The summed E-state index contributed by atoms with van der Waals surface area (Å²) in [6, 6.07) is 7.54. The Morgan fingerprint density at radius 1 is 1.50 bits per heavy atom. The number of nitrogens with one attached hydrogen (secondary N) is 2. The first-order chi connectivity index (χ1) is 8.74. The smallest absolute Gasteiger partial charge is 0.248 e. The largest absolute Gasteiger partial charge is 0.492 e. The van der Waals surface area contributed by atoms with Gasteiger partial charge in [-0.15, -0.1) is 5.10 Å². The highest BCUT2D eigenvalue weighted by atomic mass is 16.5. The van der Waals surface area contributed by atoms with Crippen molar-refractivity contribution in [3.63, 3.8) is 0 Å². The molecule has 6 nitrogen and oxygen atoms in total. The minimum absolute atomic E-state index is 0.154. The molecule has 2 N–H and O–H groups in total. The molecule has 18 heavy (non-hydrogen) atoms. The number of benzene rings is 1. The van der Waals surface area contributed by atoms with Crippen LogP contribution in [0.5, 0.6) is 5.75 Å². The summed E-state index contributed by atoms with van der Waals surface area (Å²) < 4.78 is 5.47. The monoisotopic (exact) mass is 244 g/mol. The fourth-order valence-corrected chi connectivity index (χ4v) is 1.98. The molecule has 6 heteroatoms. The maximum atomic E-state index is 12.1. The quantitative estimate of drug-likeness (QED) is 0.832. The summed E-state index contributed by atoms with van der Waals surface area (Å²) in [5.41, 5.74) is 0.905. The van der Waals surface area contributed by atoms with Gasteiger partial charge >= 0.3 is 0 Å². The van der Waals surface area contributed by atoms with E-state index < -0.39 is 0 Å². The summed E-state index contributed by atoms with van der Waals surface area (Å²) in [6.45, 7) is 2.13. The Kier molecular flexibility index (Phi) is 2.47. The van der Waals surface area contributed by atoms with E-state index in [1.807, 2.05) is 24.3 Å². The average Bonchev–Trinajstić information content (AvgIpc) is 2.95. The van der Waals surface area contributed by atoms with Crippen molar-refractivity contribution in [1.29, 1.82) is 0 Å². The predicted molar refractivity (Wildman–Crippen MR) is 64.4 cm³/mol. The topological polar surface area (TPSA) is 79.9 Å². The van der Waals surface area contributed by atoms with Gasteiger partial charge in [-0.05, 0) is 13.0 Å². The van der Waals surface area contributed by atoms with Crippen molar-refractivity contribution < 1.29 is 9.53 Å². The lowest BCUT2D eigenvalue weighted by molar-refractivity contribution is -0.117. The van der Waals surface area contributed by atoms with Crippen molar-refractivity contribution in [2.45, 2.75) is 12.8 Å². The maximum Gasteiger partial charge on any atom is 0.248 e. The van der Waals surface area contributed by atoms with Crippen LogP contribution in [0.3, 0.4) is 0 Å². The second-order valence-electron chi connectivity index (χ2n) is 4.14. The standard InChI is InChI=1S/C12H12N4O2/c1-7-13-12(16-15-7)14-11(17)9-6-18-10-5-3-2-4-8(9)10/h2-5,9H,6H2,1H3,(H2,13,14,15,16,17). The minimum Gasteiger partial charge on any atom is -0.492 e. The van der Waals surface area contributed by atoms with Gasteiger partial charge < -0.3 is 4.74 Å². The molecule has 2 heterocycles. The second-order valence-corrected chi connectivity index (χ2v) is 4.14. The van der Waals surface area contributed by atoms with Gasteiger partial charge in [0.2, 0.25) is 11.9 Å². The zero-order chi connectivity index (χ0) is 12.5. The third kappa shape index (κ3) is 1.81. The van der Waals surface area contributed by atoms with Crippen LogP contribution < -0.4 is 10.1 Å². The van der Waals surface area contributed by atoms with E-state index >= 15 is 0 Å². The molecule has 1 aromatic carbocycles. The minimum atomic E-state index is -0.306.